The first-order valence-corrected chi connectivity index (χ1v) is 7.41. The molecule has 6 heteroatoms. The van der Waals surface area contributed by atoms with Crippen molar-refractivity contribution in [3.8, 4) is 0 Å². The van der Waals surface area contributed by atoms with E-state index in [9.17, 15) is 4.79 Å². The maximum Gasteiger partial charge on any atom is 0.230 e. The second-order valence-electron chi connectivity index (χ2n) is 4.18. The van der Waals surface area contributed by atoms with Gasteiger partial charge in [0.2, 0.25) is 5.91 Å². The molecule has 1 aromatic heterocycles. The van der Waals surface area contributed by atoms with Crippen LogP contribution in [0.3, 0.4) is 0 Å². The molecule has 0 fully saturated rings. The van der Waals surface area contributed by atoms with Gasteiger partial charge in [0.15, 0.2) is 5.13 Å². The molecule has 19 heavy (non-hydrogen) atoms. The van der Waals surface area contributed by atoms with Crippen LogP contribution in [0.5, 0.6) is 0 Å². The molecule has 0 aliphatic heterocycles. The predicted octanol–water partition coefficient (Wildman–Crippen LogP) is 3.18. The van der Waals surface area contributed by atoms with Gasteiger partial charge in [0, 0.05) is 6.04 Å². The number of benzene rings is 1. The smallest absolute Gasteiger partial charge is 0.230 e. The Morgan fingerprint density at radius 1 is 1.42 bits per heavy atom. The fourth-order valence-electron chi connectivity index (χ4n) is 1.66. The van der Waals surface area contributed by atoms with Gasteiger partial charge in [-0.2, -0.15) is 0 Å². The summed E-state index contributed by atoms with van der Waals surface area (Å²) in [5.74, 6) is -0.455. The third-order valence-corrected chi connectivity index (χ3v) is 4.24. The molecule has 1 heterocycles. The molecule has 2 atom stereocenters. The number of amides is 1. The Balaban J connectivity index is 2.03. The highest BCUT2D eigenvalue weighted by Gasteiger charge is 2.22. The van der Waals surface area contributed by atoms with E-state index < -0.39 is 0 Å². The molecule has 0 radical (unpaired) electrons. The number of nitrogens with one attached hydrogen (secondary N) is 1. The van der Waals surface area contributed by atoms with Crippen molar-refractivity contribution in [2.45, 2.75) is 13.0 Å². The lowest BCUT2D eigenvalue weighted by molar-refractivity contribution is -0.120. The first-order chi connectivity index (χ1) is 9.08. The zero-order valence-corrected chi connectivity index (χ0v) is 12.7. The monoisotopic (exact) mass is 339 g/mol. The standard InChI is InChI=1S/C13H14BrN3OS/c1-8(11(15)9-5-3-2-4-6-9)12(18)17-13-16-7-10(14)19-13/h2-8,11H,15H2,1H3,(H,16,17,18). The van der Waals surface area contributed by atoms with E-state index in [-0.39, 0.29) is 17.9 Å². The van der Waals surface area contributed by atoms with Gasteiger partial charge in [0.05, 0.1) is 15.9 Å². The van der Waals surface area contributed by atoms with Crippen molar-refractivity contribution in [1.82, 2.24) is 4.98 Å². The summed E-state index contributed by atoms with van der Waals surface area (Å²) in [5, 5.41) is 3.34. The quantitative estimate of drug-likeness (QED) is 0.898. The molecular formula is C13H14BrN3OS. The molecule has 100 valence electrons. The second-order valence-corrected chi connectivity index (χ2v) is 6.59. The zero-order chi connectivity index (χ0) is 13.8. The van der Waals surface area contributed by atoms with Crippen LogP contribution < -0.4 is 11.1 Å². The molecule has 3 N–H and O–H groups in total. The van der Waals surface area contributed by atoms with Gasteiger partial charge >= 0.3 is 0 Å². The molecule has 0 saturated heterocycles. The van der Waals surface area contributed by atoms with Crippen LogP contribution in [0.15, 0.2) is 40.3 Å². The van der Waals surface area contributed by atoms with Crippen molar-refractivity contribution < 1.29 is 4.79 Å². The third kappa shape index (κ3) is 3.62. The number of carbonyl (C=O) groups excluding carboxylic acids is 1. The van der Waals surface area contributed by atoms with Gasteiger partial charge in [0.1, 0.15) is 0 Å². The molecule has 0 aliphatic carbocycles. The van der Waals surface area contributed by atoms with E-state index in [1.54, 1.807) is 6.20 Å². The number of halogens is 1. The van der Waals surface area contributed by atoms with Gasteiger partial charge in [-0.1, -0.05) is 48.6 Å². The molecule has 2 rings (SSSR count). The van der Waals surface area contributed by atoms with Gasteiger partial charge in [-0.15, -0.1) is 0 Å². The number of nitrogens with two attached hydrogens (primary N) is 1. The summed E-state index contributed by atoms with van der Waals surface area (Å²) in [5.41, 5.74) is 7.06. The van der Waals surface area contributed by atoms with Gasteiger partial charge in [0.25, 0.3) is 0 Å². The maximum absolute atomic E-state index is 12.1. The molecule has 0 aliphatic rings. The van der Waals surface area contributed by atoms with Crippen LogP contribution in [0.25, 0.3) is 0 Å². The largest absolute Gasteiger partial charge is 0.323 e. The highest BCUT2D eigenvalue weighted by molar-refractivity contribution is 9.11. The van der Waals surface area contributed by atoms with E-state index in [2.05, 4.69) is 26.2 Å². The minimum Gasteiger partial charge on any atom is -0.323 e. The van der Waals surface area contributed by atoms with Crippen LogP contribution in [-0.4, -0.2) is 10.9 Å². The summed E-state index contributed by atoms with van der Waals surface area (Å²) < 4.78 is 0.878. The topological polar surface area (TPSA) is 68.0 Å². The lowest BCUT2D eigenvalue weighted by Gasteiger charge is -2.19. The maximum atomic E-state index is 12.1. The summed E-state index contributed by atoms with van der Waals surface area (Å²) >= 11 is 4.68. The normalized spacial score (nSPS) is 13.8. The average Bonchev–Trinajstić information content (AvgIpc) is 2.83. The highest BCUT2D eigenvalue weighted by Crippen LogP contribution is 2.25. The first-order valence-electron chi connectivity index (χ1n) is 5.80. The van der Waals surface area contributed by atoms with Gasteiger partial charge in [-0.05, 0) is 21.5 Å². The number of anilines is 1. The van der Waals surface area contributed by atoms with E-state index in [1.165, 1.54) is 11.3 Å². The number of hydrogen-bond donors (Lipinski definition) is 2. The molecule has 0 saturated carbocycles. The molecule has 0 bridgehead atoms. The van der Waals surface area contributed by atoms with Crippen molar-refractivity contribution in [3.05, 3.63) is 45.9 Å². The minimum atomic E-state index is -0.329. The Morgan fingerprint density at radius 3 is 2.68 bits per heavy atom. The molecule has 4 nitrogen and oxygen atoms in total. The highest BCUT2D eigenvalue weighted by atomic mass is 79.9. The van der Waals surface area contributed by atoms with Gasteiger partial charge in [-0.3, -0.25) is 4.79 Å². The lowest BCUT2D eigenvalue weighted by Crippen LogP contribution is -2.30. The zero-order valence-electron chi connectivity index (χ0n) is 10.3. The van der Waals surface area contributed by atoms with Crippen molar-refractivity contribution in [1.29, 1.82) is 0 Å². The second kappa shape index (κ2) is 6.27. The molecule has 2 unspecified atom stereocenters. The Bertz CT molecular complexity index is 558. The van der Waals surface area contributed by atoms with Crippen molar-refractivity contribution in [2.24, 2.45) is 11.7 Å². The SMILES string of the molecule is CC(C(=O)Nc1ncc(Br)s1)C(N)c1ccccc1. The third-order valence-electron chi connectivity index (χ3n) is 2.84. The Hall–Kier alpha value is -1.24. The van der Waals surface area contributed by atoms with E-state index >= 15 is 0 Å². The van der Waals surface area contributed by atoms with E-state index in [4.69, 9.17) is 5.73 Å². The molecule has 1 aromatic carbocycles. The van der Waals surface area contributed by atoms with Gasteiger partial charge < -0.3 is 11.1 Å². The number of hydrogen-bond acceptors (Lipinski definition) is 4. The average molecular weight is 340 g/mol. The number of aromatic nitrogens is 1. The first kappa shape index (κ1) is 14.2. The minimum absolute atomic E-state index is 0.127. The molecule has 0 spiro atoms. The van der Waals surface area contributed by atoms with Crippen molar-refractivity contribution in [3.63, 3.8) is 0 Å². The van der Waals surface area contributed by atoms with E-state index in [0.717, 1.165) is 9.35 Å². The number of carbonyl (C=O) groups is 1. The predicted molar refractivity (Wildman–Crippen MR) is 81.0 cm³/mol. The fraction of sp³-hybridized carbons (Fsp3) is 0.231. The van der Waals surface area contributed by atoms with Gasteiger partial charge in [-0.25, -0.2) is 4.98 Å². The Morgan fingerprint density at radius 2 is 2.11 bits per heavy atom. The van der Waals surface area contributed by atoms with Crippen molar-refractivity contribution >= 4 is 38.3 Å². The lowest BCUT2D eigenvalue weighted by atomic mass is 9.95. The Kier molecular flexibility index (Phi) is 4.68. The summed E-state index contributed by atoms with van der Waals surface area (Å²) in [6, 6.07) is 9.27. The summed E-state index contributed by atoms with van der Waals surface area (Å²) in [4.78, 5) is 16.2. The van der Waals surface area contributed by atoms with E-state index in [1.807, 2.05) is 37.3 Å². The molecular weight excluding hydrogens is 326 g/mol. The number of thiazole rings is 1. The van der Waals surface area contributed by atoms with Crippen LogP contribution in [-0.2, 0) is 4.79 Å². The number of nitrogens with zero attached hydrogens (tertiary/aromatic N) is 1. The molecule has 1 amide bonds. The summed E-state index contributed by atoms with van der Waals surface area (Å²) in [7, 11) is 0. The fourth-order valence-corrected chi connectivity index (χ4v) is 2.77. The van der Waals surface area contributed by atoms with Crippen LogP contribution in [0, 0.1) is 5.92 Å². The van der Waals surface area contributed by atoms with Crippen molar-refractivity contribution in [2.75, 3.05) is 5.32 Å². The van der Waals surface area contributed by atoms with Crippen LogP contribution in [0.2, 0.25) is 0 Å². The summed E-state index contributed by atoms with van der Waals surface area (Å²) in [6.45, 7) is 1.82. The van der Waals surface area contributed by atoms with Crippen LogP contribution in [0.4, 0.5) is 5.13 Å². The summed E-state index contributed by atoms with van der Waals surface area (Å²) in [6.07, 6.45) is 1.65. The van der Waals surface area contributed by atoms with Crippen LogP contribution in [0.1, 0.15) is 18.5 Å². The van der Waals surface area contributed by atoms with Crippen LogP contribution >= 0.6 is 27.3 Å². The Labute approximate surface area is 124 Å². The number of rotatable bonds is 4. The van der Waals surface area contributed by atoms with E-state index in [0.29, 0.717) is 5.13 Å². The molecule has 2 aromatic rings.